The molecule has 0 unspecified atom stereocenters. The van der Waals surface area contributed by atoms with Crippen molar-refractivity contribution in [3.05, 3.63) is 51.8 Å². The average Bonchev–Trinajstić information content (AvgIpc) is 3.05. The summed E-state index contributed by atoms with van der Waals surface area (Å²) in [6, 6.07) is 2.76. The van der Waals surface area contributed by atoms with Crippen molar-refractivity contribution >= 4 is 17.4 Å². The molecule has 0 atom stereocenters. The highest BCUT2D eigenvalue weighted by molar-refractivity contribution is 6.32. The Kier molecular flexibility index (Phi) is 3.49. The normalized spacial score (nSPS) is 13.8. The lowest BCUT2D eigenvalue weighted by Crippen LogP contribution is -2.35. The molecule has 3 aromatic rings. The minimum atomic E-state index is -0.655. The zero-order chi connectivity index (χ0) is 16.7. The number of pyridine rings is 1. The predicted octanol–water partition coefficient (Wildman–Crippen LogP) is 1.24. The Bertz CT molecular complexity index is 970. The average molecular weight is 348 g/mol. The van der Waals surface area contributed by atoms with Crippen molar-refractivity contribution in [3.8, 4) is 11.4 Å². The lowest BCUT2D eigenvalue weighted by atomic mass is 10.2. The molecule has 10 heteroatoms. The van der Waals surface area contributed by atoms with E-state index in [4.69, 9.17) is 11.6 Å². The molecule has 0 aromatic carbocycles. The van der Waals surface area contributed by atoms with Crippen LogP contribution in [0.2, 0.25) is 5.02 Å². The molecule has 0 fully saturated rings. The van der Waals surface area contributed by atoms with Gasteiger partial charge in [0.05, 0.1) is 6.54 Å². The number of aromatic nitrogens is 6. The minimum absolute atomic E-state index is 0.0127. The maximum absolute atomic E-state index is 13.3. The first-order valence-corrected chi connectivity index (χ1v) is 7.53. The SMILES string of the molecule is O=c1[nH]c(-c2ccnc(F)c2)nc(N2CCn3cnnc3C2)c1Cl. The fourth-order valence-corrected chi connectivity index (χ4v) is 2.80. The van der Waals surface area contributed by atoms with Gasteiger partial charge in [-0.3, -0.25) is 4.79 Å². The van der Waals surface area contributed by atoms with Gasteiger partial charge in [-0.15, -0.1) is 10.2 Å². The molecule has 0 bridgehead atoms. The van der Waals surface area contributed by atoms with Gasteiger partial charge in [0.25, 0.3) is 5.56 Å². The highest BCUT2D eigenvalue weighted by Crippen LogP contribution is 2.26. The van der Waals surface area contributed by atoms with E-state index < -0.39 is 11.5 Å². The maximum Gasteiger partial charge on any atom is 0.272 e. The van der Waals surface area contributed by atoms with Gasteiger partial charge < -0.3 is 14.5 Å². The van der Waals surface area contributed by atoms with E-state index in [0.717, 1.165) is 5.82 Å². The zero-order valence-corrected chi connectivity index (χ0v) is 13.0. The van der Waals surface area contributed by atoms with Crippen LogP contribution in [0, 0.1) is 5.95 Å². The van der Waals surface area contributed by atoms with E-state index in [9.17, 15) is 9.18 Å². The van der Waals surface area contributed by atoms with Crippen LogP contribution in [-0.2, 0) is 13.1 Å². The molecule has 8 nitrogen and oxygen atoms in total. The van der Waals surface area contributed by atoms with Crippen LogP contribution in [0.3, 0.4) is 0 Å². The van der Waals surface area contributed by atoms with Gasteiger partial charge in [-0.2, -0.15) is 4.39 Å². The summed E-state index contributed by atoms with van der Waals surface area (Å²) in [5, 5.41) is 7.88. The fourth-order valence-electron chi connectivity index (χ4n) is 2.59. The van der Waals surface area contributed by atoms with Crippen molar-refractivity contribution in [1.82, 2.24) is 29.7 Å². The molecule has 24 heavy (non-hydrogen) atoms. The number of H-pyrrole nitrogens is 1. The first-order chi connectivity index (χ1) is 11.6. The van der Waals surface area contributed by atoms with Gasteiger partial charge in [0.2, 0.25) is 5.95 Å². The molecule has 122 valence electrons. The zero-order valence-electron chi connectivity index (χ0n) is 12.3. The third kappa shape index (κ3) is 2.52. The highest BCUT2D eigenvalue weighted by atomic mass is 35.5. The molecule has 0 radical (unpaired) electrons. The van der Waals surface area contributed by atoms with E-state index in [0.29, 0.717) is 31.0 Å². The van der Waals surface area contributed by atoms with Gasteiger partial charge in [-0.05, 0) is 6.07 Å². The monoisotopic (exact) mass is 347 g/mol. The van der Waals surface area contributed by atoms with Crippen LogP contribution in [0.15, 0.2) is 29.5 Å². The summed E-state index contributed by atoms with van der Waals surface area (Å²) in [5.74, 6) is 0.670. The molecular formula is C14H11ClFN7O. The standard InChI is InChI=1S/C14H11ClFN7O/c15-11-13(22-3-4-23-7-18-21-10(23)6-22)19-12(20-14(11)24)8-1-2-17-9(16)5-8/h1-2,5,7H,3-4,6H2,(H,19,20,24). The van der Waals surface area contributed by atoms with Gasteiger partial charge in [-0.1, -0.05) is 11.6 Å². The highest BCUT2D eigenvalue weighted by Gasteiger charge is 2.23. The molecule has 4 heterocycles. The van der Waals surface area contributed by atoms with Crippen molar-refractivity contribution in [2.45, 2.75) is 13.1 Å². The number of fused-ring (bicyclic) bond motifs is 1. The molecule has 1 aliphatic heterocycles. The summed E-state index contributed by atoms with van der Waals surface area (Å²) < 4.78 is 15.3. The third-order valence-corrected chi connectivity index (χ3v) is 4.12. The summed E-state index contributed by atoms with van der Waals surface area (Å²) in [6.45, 7) is 1.69. The summed E-state index contributed by atoms with van der Waals surface area (Å²) >= 11 is 6.14. The number of nitrogens with one attached hydrogen (secondary N) is 1. The topological polar surface area (TPSA) is 92.6 Å². The molecule has 0 saturated heterocycles. The first kappa shape index (κ1) is 14.8. The van der Waals surface area contributed by atoms with E-state index in [-0.39, 0.29) is 10.8 Å². The Balaban J connectivity index is 1.77. The van der Waals surface area contributed by atoms with Gasteiger partial charge >= 0.3 is 0 Å². The molecule has 4 rings (SSSR count). The van der Waals surface area contributed by atoms with Crippen LogP contribution >= 0.6 is 11.6 Å². The largest absolute Gasteiger partial charge is 0.346 e. The quantitative estimate of drug-likeness (QED) is 0.701. The molecule has 0 saturated carbocycles. The molecule has 1 N–H and O–H groups in total. The molecule has 3 aromatic heterocycles. The van der Waals surface area contributed by atoms with Crippen LogP contribution in [0.1, 0.15) is 5.82 Å². The second-order valence-corrected chi connectivity index (χ2v) is 5.66. The van der Waals surface area contributed by atoms with E-state index in [1.165, 1.54) is 12.3 Å². The lowest BCUT2D eigenvalue weighted by molar-refractivity contribution is 0.556. The number of hydrogen-bond acceptors (Lipinski definition) is 6. The van der Waals surface area contributed by atoms with Crippen LogP contribution in [0.5, 0.6) is 0 Å². The summed E-state index contributed by atoms with van der Waals surface area (Å²) in [7, 11) is 0. The summed E-state index contributed by atoms with van der Waals surface area (Å²) in [6.07, 6.45) is 2.97. The number of halogens is 2. The van der Waals surface area contributed by atoms with Gasteiger partial charge in [0.1, 0.15) is 17.2 Å². The van der Waals surface area contributed by atoms with Crippen LogP contribution in [-0.4, -0.2) is 36.3 Å². The van der Waals surface area contributed by atoms with Crippen LogP contribution in [0.25, 0.3) is 11.4 Å². The van der Waals surface area contributed by atoms with Crippen molar-refractivity contribution in [2.75, 3.05) is 11.4 Å². The lowest BCUT2D eigenvalue weighted by Gasteiger charge is -2.28. The Labute approximate surface area is 140 Å². The predicted molar refractivity (Wildman–Crippen MR) is 84.1 cm³/mol. The van der Waals surface area contributed by atoms with Crippen molar-refractivity contribution in [1.29, 1.82) is 0 Å². The molecular weight excluding hydrogens is 337 g/mol. The second kappa shape index (κ2) is 5.68. The number of anilines is 1. The molecule has 0 spiro atoms. The summed E-state index contributed by atoms with van der Waals surface area (Å²) in [5.41, 5.74) is -0.0707. The van der Waals surface area contributed by atoms with E-state index in [1.807, 2.05) is 9.47 Å². The minimum Gasteiger partial charge on any atom is -0.346 e. The number of nitrogens with zero attached hydrogens (tertiary/aromatic N) is 6. The van der Waals surface area contributed by atoms with E-state index in [1.54, 1.807) is 12.4 Å². The Morgan fingerprint density at radius 1 is 1.33 bits per heavy atom. The first-order valence-electron chi connectivity index (χ1n) is 7.15. The Morgan fingerprint density at radius 3 is 3.04 bits per heavy atom. The van der Waals surface area contributed by atoms with Crippen molar-refractivity contribution < 1.29 is 4.39 Å². The fraction of sp³-hybridized carbons (Fsp3) is 0.214. The summed E-state index contributed by atoms with van der Waals surface area (Å²) in [4.78, 5) is 24.5. The number of rotatable bonds is 2. The van der Waals surface area contributed by atoms with Crippen LogP contribution < -0.4 is 10.5 Å². The molecule has 0 amide bonds. The van der Waals surface area contributed by atoms with Crippen LogP contribution in [0.4, 0.5) is 10.2 Å². The van der Waals surface area contributed by atoms with Crippen molar-refractivity contribution in [2.24, 2.45) is 0 Å². The van der Waals surface area contributed by atoms with Crippen molar-refractivity contribution in [3.63, 3.8) is 0 Å². The molecule has 1 aliphatic rings. The smallest absolute Gasteiger partial charge is 0.272 e. The van der Waals surface area contributed by atoms with Gasteiger partial charge in [0.15, 0.2) is 11.6 Å². The maximum atomic E-state index is 13.3. The molecule has 0 aliphatic carbocycles. The van der Waals surface area contributed by atoms with E-state index >= 15 is 0 Å². The third-order valence-electron chi connectivity index (χ3n) is 3.78. The Hall–Kier alpha value is -2.81. The Morgan fingerprint density at radius 2 is 2.21 bits per heavy atom. The number of aromatic amines is 1. The van der Waals surface area contributed by atoms with E-state index in [2.05, 4.69) is 25.1 Å². The van der Waals surface area contributed by atoms with Gasteiger partial charge in [0, 0.05) is 30.9 Å². The van der Waals surface area contributed by atoms with Gasteiger partial charge in [-0.25, -0.2) is 9.97 Å². The second-order valence-electron chi connectivity index (χ2n) is 5.28. The number of hydrogen-bond donors (Lipinski definition) is 1.